The molecule has 0 saturated carbocycles. The van der Waals surface area contributed by atoms with E-state index in [0.717, 1.165) is 4.90 Å². The maximum Gasteiger partial charge on any atom is 0.416 e. The molecule has 5 nitrogen and oxygen atoms in total. The van der Waals surface area contributed by atoms with Crippen molar-refractivity contribution in [3.8, 4) is 0 Å². The van der Waals surface area contributed by atoms with E-state index in [1.165, 1.54) is 20.9 Å². The predicted octanol–water partition coefficient (Wildman–Crippen LogP) is 1.12. The number of nitrogens with zero attached hydrogens (tertiary/aromatic N) is 1. The lowest BCUT2D eigenvalue weighted by molar-refractivity contribution is -0.133. The fourth-order valence-electron chi connectivity index (χ4n) is 0.846. The van der Waals surface area contributed by atoms with Crippen molar-refractivity contribution in [2.24, 2.45) is 5.73 Å². The lowest BCUT2D eigenvalue weighted by Crippen LogP contribution is -2.52. The first-order valence-electron chi connectivity index (χ1n) is 4.75. The van der Waals surface area contributed by atoms with Gasteiger partial charge in [-0.3, -0.25) is 4.79 Å². The Hall–Kier alpha value is -1.10. The molecule has 2 amide bonds. The van der Waals surface area contributed by atoms with Crippen LogP contribution in [0.1, 0.15) is 34.6 Å². The van der Waals surface area contributed by atoms with Crippen LogP contribution in [-0.4, -0.2) is 35.1 Å². The van der Waals surface area contributed by atoms with Crippen LogP contribution in [0.15, 0.2) is 0 Å². The molecule has 0 aromatic rings. The molecule has 2 N–H and O–H groups in total. The van der Waals surface area contributed by atoms with E-state index in [1.54, 1.807) is 20.8 Å². The summed E-state index contributed by atoms with van der Waals surface area (Å²) < 4.78 is 5.03. The molecule has 5 heteroatoms. The van der Waals surface area contributed by atoms with Crippen LogP contribution in [0.3, 0.4) is 0 Å². The third-order valence-electron chi connectivity index (χ3n) is 1.52. The van der Waals surface area contributed by atoms with Crippen molar-refractivity contribution in [2.75, 3.05) is 7.05 Å². The van der Waals surface area contributed by atoms with Crippen LogP contribution in [0.2, 0.25) is 0 Å². The van der Waals surface area contributed by atoms with Crippen molar-refractivity contribution in [1.29, 1.82) is 0 Å². The maximum atomic E-state index is 11.6. The molecule has 0 spiro atoms. The molecule has 0 saturated heterocycles. The van der Waals surface area contributed by atoms with Crippen molar-refractivity contribution in [1.82, 2.24) is 4.90 Å². The van der Waals surface area contributed by atoms with Gasteiger partial charge in [0.25, 0.3) is 5.91 Å². The highest BCUT2D eigenvalue weighted by Gasteiger charge is 2.31. The molecule has 0 aromatic carbocycles. The Morgan fingerprint density at radius 3 is 1.80 bits per heavy atom. The van der Waals surface area contributed by atoms with Gasteiger partial charge in [-0.15, -0.1) is 0 Å². The van der Waals surface area contributed by atoms with E-state index in [9.17, 15) is 9.59 Å². The van der Waals surface area contributed by atoms with E-state index in [2.05, 4.69) is 0 Å². The maximum absolute atomic E-state index is 11.6. The molecule has 15 heavy (non-hydrogen) atoms. The summed E-state index contributed by atoms with van der Waals surface area (Å²) in [5.74, 6) is -0.475. The Bertz CT molecular complexity index is 261. The lowest BCUT2D eigenvalue weighted by Gasteiger charge is -2.27. The van der Waals surface area contributed by atoms with Gasteiger partial charge in [0.15, 0.2) is 0 Å². The Morgan fingerprint density at radius 2 is 1.53 bits per heavy atom. The molecular weight excluding hydrogens is 196 g/mol. The first-order valence-corrected chi connectivity index (χ1v) is 4.75. The van der Waals surface area contributed by atoms with Gasteiger partial charge in [0, 0.05) is 7.05 Å². The first-order chi connectivity index (χ1) is 6.45. The second kappa shape index (κ2) is 4.18. The summed E-state index contributed by atoms with van der Waals surface area (Å²) in [5, 5.41) is 0. The zero-order valence-electron chi connectivity index (χ0n) is 10.2. The van der Waals surface area contributed by atoms with Crippen molar-refractivity contribution >= 4 is 12.0 Å². The van der Waals surface area contributed by atoms with Crippen LogP contribution >= 0.6 is 0 Å². The number of amides is 2. The van der Waals surface area contributed by atoms with Crippen LogP contribution in [0.5, 0.6) is 0 Å². The van der Waals surface area contributed by atoms with Crippen molar-refractivity contribution < 1.29 is 14.3 Å². The van der Waals surface area contributed by atoms with Crippen molar-refractivity contribution in [3.05, 3.63) is 0 Å². The van der Waals surface area contributed by atoms with Crippen molar-refractivity contribution in [3.63, 3.8) is 0 Å². The lowest BCUT2D eigenvalue weighted by atomic mass is 10.1. The summed E-state index contributed by atoms with van der Waals surface area (Å²) in [6.07, 6.45) is -0.689. The first kappa shape index (κ1) is 13.9. The zero-order chi connectivity index (χ0) is 12.4. The zero-order valence-corrected chi connectivity index (χ0v) is 10.2. The van der Waals surface area contributed by atoms with Crippen molar-refractivity contribution in [2.45, 2.75) is 45.8 Å². The van der Waals surface area contributed by atoms with Gasteiger partial charge in [-0.25, -0.2) is 9.69 Å². The molecule has 0 aliphatic carbocycles. The Labute approximate surface area is 90.6 Å². The number of rotatable bonds is 1. The highest BCUT2D eigenvalue weighted by atomic mass is 16.6. The number of ether oxygens (including phenoxy) is 1. The van der Waals surface area contributed by atoms with E-state index in [1.807, 2.05) is 0 Å². The fraction of sp³-hybridized carbons (Fsp3) is 0.800. The number of imide groups is 1. The number of nitrogens with two attached hydrogens (primary N) is 1. The summed E-state index contributed by atoms with van der Waals surface area (Å²) in [5.41, 5.74) is 3.88. The smallest absolute Gasteiger partial charge is 0.416 e. The van der Waals surface area contributed by atoms with E-state index in [0.29, 0.717) is 0 Å². The molecule has 0 unspecified atom stereocenters. The predicted molar refractivity (Wildman–Crippen MR) is 57.3 cm³/mol. The second-order valence-electron chi connectivity index (χ2n) is 5.07. The van der Waals surface area contributed by atoms with Gasteiger partial charge in [0.1, 0.15) is 5.60 Å². The Balaban J connectivity index is 4.54. The van der Waals surface area contributed by atoms with E-state index < -0.39 is 23.1 Å². The van der Waals surface area contributed by atoms with Gasteiger partial charge in [-0.2, -0.15) is 0 Å². The highest BCUT2D eigenvalue weighted by molar-refractivity contribution is 5.96. The minimum Gasteiger partial charge on any atom is -0.443 e. The fourth-order valence-corrected chi connectivity index (χ4v) is 0.846. The van der Waals surface area contributed by atoms with Gasteiger partial charge >= 0.3 is 6.09 Å². The topological polar surface area (TPSA) is 72.6 Å². The molecule has 0 fully saturated rings. The third kappa shape index (κ3) is 4.78. The van der Waals surface area contributed by atoms with Gasteiger partial charge in [-0.1, -0.05) is 0 Å². The Kier molecular flexibility index (Phi) is 3.88. The minimum absolute atomic E-state index is 0.475. The summed E-state index contributed by atoms with van der Waals surface area (Å²) in [7, 11) is 1.35. The van der Waals surface area contributed by atoms with Crippen LogP contribution in [-0.2, 0) is 9.53 Å². The average molecular weight is 216 g/mol. The monoisotopic (exact) mass is 216 g/mol. The van der Waals surface area contributed by atoms with Crippen LogP contribution < -0.4 is 5.73 Å². The summed E-state index contributed by atoms with van der Waals surface area (Å²) in [4.78, 5) is 24.0. The summed E-state index contributed by atoms with van der Waals surface area (Å²) in [6.45, 7) is 8.27. The molecule has 0 bridgehead atoms. The molecule has 0 rings (SSSR count). The standard InChI is InChI=1S/C10H20N2O3/c1-9(2,3)15-8(14)12(6)7(13)10(4,5)11/h11H2,1-6H3. The Morgan fingerprint density at radius 1 is 1.13 bits per heavy atom. The van der Waals surface area contributed by atoms with Crippen LogP contribution in [0, 0.1) is 0 Å². The number of carbonyl (C=O) groups excluding carboxylic acids is 2. The van der Waals surface area contributed by atoms with Gasteiger partial charge in [-0.05, 0) is 34.6 Å². The van der Waals surface area contributed by atoms with Gasteiger partial charge in [0.05, 0.1) is 5.54 Å². The number of hydrogen-bond donors (Lipinski definition) is 1. The minimum atomic E-state index is -1.08. The van der Waals surface area contributed by atoms with Gasteiger partial charge in [0.2, 0.25) is 0 Å². The molecule has 0 aliphatic rings. The largest absolute Gasteiger partial charge is 0.443 e. The van der Waals surface area contributed by atoms with E-state index in [-0.39, 0.29) is 0 Å². The molecule has 0 aromatic heterocycles. The molecule has 0 heterocycles. The number of carbonyl (C=O) groups is 2. The summed E-state index contributed by atoms with van der Waals surface area (Å²) in [6, 6.07) is 0. The second-order valence-corrected chi connectivity index (χ2v) is 5.07. The molecule has 0 atom stereocenters. The summed E-state index contributed by atoms with van der Waals surface area (Å²) >= 11 is 0. The molecule has 88 valence electrons. The third-order valence-corrected chi connectivity index (χ3v) is 1.52. The van der Waals surface area contributed by atoms with Crippen LogP contribution in [0.4, 0.5) is 4.79 Å². The average Bonchev–Trinajstić information content (AvgIpc) is 1.96. The number of likely N-dealkylation sites (N-methyl/N-ethyl adjacent to an activating group) is 1. The van der Waals surface area contributed by atoms with Crippen LogP contribution in [0.25, 0.3) is 0 Å². The SMILES string of the molecule is CN(C(=O)OC(C)(C)C)C(=O)C(C)(C)N. The molecule has 0 radical (unpaired) electrons. The van der Waals surface area contributed by atoms with E-state index >= 15 is 0 Å². The normalized spacial score (nSPS) is 12.2. The van der Waals surface area contributed by atoms with E-state index in [4.69, 9.17) is 10.5 Å². The number of hydrogen-bond acceptors (Lipinski definition) is 4. The molecule has 0 aliphatic heterocycles. The van der Waals surface area contributed by atoms with Gasteiger partial charge < -0.3 is 10.5 Å². The molecular formula is C10H20N2O3. The highest BCUT2D eigenvalue weighted by Crippen LogP contribution is 2.11. The quantitative estimate of drug-likeness (QED) is 0.712.